The van der Waals surface area contributed by atoms with Crippen LogP contribution >= 0.6 is 11.3 Å². The molecule has 0 aliphatic rings. The van der Waals surface area contributed by atoms with Crippen LogP contribution in [0.4, 0.5) is 0 Å². The van der Waals surface area contributed by atoms with E-state index in [-0.39, 0.29) is 5.91 Å². The van der Waals surface area contributed by atoms with Crippen molar-refractivity contribution in [2.75, 3.05) is 40.0 Å². The molecule has 0 aromatic carbocycles. The number of carbonyl (C=O) groups is 1. The fraction of sp³-hybridized carbons (Fsp3) is 0.692. The van der Waals surface area contributed by atoms with Crippen LogP contribution in [0, 0.1) is 0 Å². The van der Waals surface area contributed by atoms with E-state index in [2.05, 4.69) is 10.3 Å². The van der Waals surface area contributed by atoms with Crippen LogP contribution in [-0.2, 0) is 15.9 Å². The van der Waals surface area contributed by atoms with Gasteiger partial charge in [-0.05, 0) is 19.4 Å². The smallest absolute Gasteiger partial charge is 0.270 e. The Labute approximate surface area is 123 Å². The molecule has 0 atom stereocenters. The lowest BCUT2D eigenvalue weighted by molar-refractivity contribution is 0.0686. The summed E-state index contributed by atoms with van der Waals surface area (Å²) in [5.41, 5.74) is 5.93. The number of nitrogens with zero attached hydrogens (tertiary/aromatic N) is 1. The Morgan fingerprint density at radius 2 is 2.25 bits per heavy atom. The van der Waals surface area contributed by atoms with E-state index < -0.39 is 0 Å². The number of unbranched alkanes of at least 4 members (excludes halogenated alkanes) is 1. The summed E-state index contributed by atoms with van der Waals surface area (Å²) in [6.07, 6.45) is 2.52. The molecule has 0 aliphatic heterocycles. The SMILES string of the molecule is COCCOCCCCNC(=O)c1csc(CCN)n1. The number of amides is 1. The number of thiazole rings is 1. The van der Waals surface area contributed by atoms with Crippen molar-refractivity contribution in [1.29, 1.82) is 0 Å². The van der Waals surface area contributed by atoms with Gasteiger partial charge in [0.25, 0.3) is 5.91 Å². The third kappa shape index (κ3) is 6.95. The van der Waals surface area contributed by atoms with Crippen molar-refractivity contribution in [3.05, 3.63) is 16.1 Å². The highest BCUT2D eigenvalue weighted by Crippen LogP contribution is 2.09. The van der Waals surface area contributed by atoms with E-state index in [9.17, 15) is 4.79 Å². The molecule has 7 heteroatoms. The number of hydrogen-bond donors (Lipinski definition) is 2. The maximum atomic E-state index is 11.8. The van der Waals surface area contributed by atoms with Gasteiger partial charge < -0.3 is 20.5 Å². The van der Waals surface area contributed by atoms with Gasteiger partial charge in [0.1, 0.15) is 5.69 Å². The van der Waals surface area contributed by atoms with Gasteiger partial charge in [-0.3, -0.25) is 4.79 Å². The maximum Gasteiger partial charge on any atom is 0.270 e. The molecule has 0 spiro atoms. The average molecular weight is 301 g/mol. The molecule has 0 fully saturated rings. The summed E-state index contributed by atoms with van der Waals surface area (Å²) in [5.74, 6) is -0.121. The molecule has 1 heterocycles. The summed E-state index contributed by atoms with van der Waals surface area (Å²) >= 11 is 1.47. The number of nitrogens with two attached hydrogens (primary N) is 1. The molecule has 0 bridgehead atoms. The molecule has 3 N–H and O–H groups in total. The first-order valence-electron chi connectivity index (χ1n) is 6.77. The second-order valence-corrected chi connectivity index (χ2v) is 5.18. The number of rotatable bonds is 11. The molecule has 114 valence electrons. The van der Waals surface area contributed by atoms with E-state index in [0.717, 1.165) is 24.3 Å². The molecule has 0 unspecified atom stereocenters. The van der Waals surface area contributed by atoms with Crippen molar-refractivity contribution in [3.63, 3.8) is 0 Å². The van der Waals surface area contributed by atoms with Crippen LogP contribution in [0.15, 0.2) is 5.38 Å². The number of carbonyl (C=O) groups excluding carboxylic acids is 1. The largest absolute Gasteiger partial charge is 0.382 e. The summed E-state index contributed by atoms with van der Waals surface area (Å²) in [5, 5.41) is 5.53. The lowest BCUT2D eigenvalue weighted by Crippen LogP contribution is -2.25. The van der Waals surface area contributed by atoms with E-state index in [4.69, 9.17) is 15.2 Å². The van der Waals surface area contributed by atoms with E-state index in [1.807, 2.05) is 0 Å². The lowest BCUT2D eigenvalue weighted by Gasteiger charge is -2.04. The van der Waals surface area contributed by atoms with Gasteiger partial charge in [0.15, 0.2) is 0 Å². The van der Waals surface area contributed by atoms with Crippen LogP contribution in [-0.4, -0.2) is 50.9 Å². The average Bonchev–Trinajstić information content (AvgIpc) is 2.91. The van der Waals surface area contributed by atoms with Gasteiger partial charge >= 0.3 is 0 Å². The zero-order chi connectivity index (χ0) is 14.6. The van der Waals surface area contributed by atoms with Gasteiger partial charge in [-0.1, -0.05) is 0 Å². The first kappa shape index (κ1) is 17.0. The number of hydrogen-bond acceptors (Lipinski definition) is 6. The number of methoxy groups -OCH3 is 1. The molecule has 0 saturated carbocycles. The summed E-state index contributed by atoms with van der Waals surface area (Å²) in [4.78, 5) is 16.0. The Hall–Kier alpha value is -1.02. The predicted molar refractivity (Wildman–Crippen MR) is 79.1 cm³/mol. The minimum Gasteiger partial charge on any atom is -0.382 e. The van der Waals surface area contributed by atoms with E-state index in [1.165, 1.54) is 11.3 Å². The zero-order valence-corrected chi connectivity index (χ0v) is 12.7. The standard InChI is InChI=1S/C13H23N3O3S/c1-18-8-9-19-7-3-2-6-15-13(17)11-10-20-12(16-11)4-5-14/h10H,2-9,14H2,1H3,(H,15,17). The van der Waals surface area contributed by atoms with Crippen molar-refractivity contribution in [2.24, 2.45) is 5.73 Å². The Balaban J connectivity index is 2.07. The summed E-state index contributed by atoms with van der Waals surface area (Å²) in [7, 11) is 1.65. The molecule has 1 aromatic heterocycles. The summed E-state index contributed by atoms with van der Waals surface area (Å²) < 4.78 is 10.2. The van der Waals surface area contributed by atoms with E-state index in [0.29, 0.717) is 38.6 Å². The number of ether oxygens (including phenoxy) is 2. The molecule has 6 nitrogen and oxygen atoms in total. The Morgan fingerprint density at radius 1 is 1.40 bits per heavy atom. The predicted octanol–water partition coefficient (Wildman–Crippen LogP) is 0.817. The van der Waals surface area contributed by atoms with Gasteiger partial charge in [-0.15, -0.1) is 11.3 Å². The zero-order valence-electron chi connectivity index (χ0n) is 11.9. The van der Waals surface area contributed by atoms with Gasteiger partial charge in [0.2, 0.25) is 0 Å². The highest BCUT2D eigenvalue weighted by molar-refractivity contribution is 7.09. The molecule has 0 saturated heterocycles. The fourth-order valence-corrected chi connectivity index (χ4v) is 2.31. The molecule has 0 radical (unpaired) electrons. The van der Waals surface area contributed by atoms with Crippen molar-refractivity contribution in [1.82, 2.24) is 10.3 Å². The first-order valence-corrected chi connectivity index (χ1v) is 7.65. The Kier molecular flexibility index (Phi) is 9.14. The van der Waals surface area contributed by atoms with Crippen molar-refractivity contribution >= 4 is 17.2 Å². The quantitative estimate of drug-likeness (QED) is 0.591. The van der Waals surface area contributed by atoms with Crippen LogP contribution in [0.2, 0.25) is 0 Å². The maximum absolute atomic E-state index is 11.8. The highest BCUT2D eigenvalue weighted by atomic mass is 32.1. The second kappa shape index (κ2) is 10.7. The monoisotopic (exact) mass is 301 g/mol. The van der Waals surface area contributed by atoms with Crippen LogP contribution in [0.5, 0.6) is 0 Å². The van der Waals surface area contributed by atoms with Crippen LogP contribution in [0.25, 0.3) is 0 Å². The minimum atomic E-state index is -0.121. The first-order chi connectivity index (χ1) is 9.77. The van der Waals surface area contributed by atoms with Gasteiger partial charge in [-0.25, -0.2) is 4.98 Å². The molecular formula is C13H23N3O3S. The van der Waals surface area contributed by atoms with Gasteiger partial charge in [0, 0.05) is 32.1 Å². The summed E-state index contributed by atoms with van der Waals surface area (Å²) in [6.45, 7) is 3.11. The van der Waals surface area contributed by atoms with Gasteiger partial charge in [-0.2, -0.15) is 0 Å². The Bertz CT molecular complexity index is 385. The Morgan fingerprint density at radius 3 is 3.00 bits per heavy atom. The lowest BCUT2D eigenvalue weighted by atomic mass is 10.3. The molecule has 20 heavy (non-hydrogen) atoms. The second-order valence-electron chi connectivity index (χ2n) is 4.23. The van der Waals surface area contributed by atoms with Crippen molar-refractivity contribution < 1.29 is 14.3 Å². The van der Waals surface area contributed by atoms with E-state index in [1.54, 1.807) is 12.5 Å². The number of nitrogens with one attached hydrogen (secondary N) is 1. The highest BCUT2D eigenvalue weighted by Gasteiger charge is 2.09. The number of aromatic nitrogens is 1. The summed E-state index contributed by atoms with van der Waals surface area (Å²) in [6, 6.07) is 0. The molecule has 1 aromatic rings. The fourth-order valence-electron chi connectivity index (χ4n) is 1.52. The van der Waals surface area contributed by atoms with Gasteiger partial charge in [0.05, 0.1) is 18.2 Å². The third-order valence-corrected chi connectivity index (χ3v) is 3.48. The third-order valence-electron chi connectivity index (χ3n) is 2.58. The van der Waals surface area contributed by atoms with Crippen LogP contribution in [0.3, 0.4) is 0 Å². The topological polar surface area (TPSA) is 86.5 Å². The normalized spacial score (nSPS) is 10.7. The minimum absolute atomic E-state index is 0.121. The molecule has 1 rings (SSSR count). The van der Waals surface area contributed by atoms with E-state index >= 15 is 0 Å². The van der Waals surface area contributed by atoms with Crippen molar-refractivity contribution in [3.8, 4) is 0 Å². The van der Waals surface area contributed by atoms with Crippen LogP contribution in [0.1, 0.15) is 28.3 Å². The molecule has 1 amide bonds. The molecular weight excluding hydrogens is 278 g/mol. The van der Waals surface area contributed by atoms with Crippen molar-refractivity contribution in [2.45, 2.75) is 19.3 Å². The van der Waals surface area contributed by atoms with Crippen LogP contribution < -0.4 is 11.1 Å². The molecule has 0 aliphatic carbocycles.